The summed E-state index contributed by atoms with van der Waals surface area (Å²) in [7, 11) is 0.129. The molecule has 0 nitrogen and oxygen atoms in total. The average Bonchev–Trinajstić information content (AvgIpc) is 2.35. The molecule has 17 heavy (non-hydrogen) atoms. The van der Waals surface area contributed by atoms with Crippen LogP contribution in [0.5, 0.6) is 0 Å². The molecule has 0 N–H and O–H groups in total. The third kappa shape index (κ3) is 2.17. The number of hydrogen-bond acceptors (Lipinski definition) is 0. The Balaban J connectivity index is 1.93. The molecule has 1 heteroatoms. The lowest BCUT2D eigenvalue weighted by Crippen LogP contribution is -2.38. The van der Waals surface area contributed by atoms with Gasteiger partial charge in [-0.25, -0.2) is 0 Å². The number of fused-ring (bicyclic) bond motifs is 2. The van der Waals surface area contributed by atoms with Crippen LogP contribution in [0.2, 0.25) is 0 Å². The third-order valence-electron chi connectivity index (χ3n) is 4.74. The molecular formula is C16H23P. The highest BCUT2D eigenvalue weighted by Crippen LogP contribution is 2.61. The van der Waals surface area contributed by atoms with Crippen LogP contribution < -0.4 is 5.30 Å². The van der Waals surface area contributed by atoms with Gasteiger partial charge in [0.25, 0.3) is 0 Å². The van der Waals surface area contributed by atoms with E-state index in [9.17, 15) is 0 Å². The molecule has 0 aliphatic carbocycles. The Morgan fingerprint density at radius 1 is 1.00 bits per heavy atom. The van der Waals surface area contributed by atoms with Crippen molar-refractivity contribution in [2.75, 3.05) is 0 Å². The molecule has 92 valence electrons. The molecule has 1 aromatic rings. The summed E-state index contributed by atoms with van der Waals surface area (Å²) in [6.07, 6.45) is 5.94. The third-order valence-corrected chi connectivity index (χ3v) is 8.32. The summed E-state index contributed by atoms with van der Waals surface area (Å²) in [5.74, 6) is 1.93. The van der Waals surface area contributed by atoms with Crippen LogP contribution in [0.3, 0.4) is 0 Å². The van der Waals surface area contributed by atoms with Gasteiger partial charge in [0.15, 0.2) is 0 Å². The lowest BCUT2D eigenvalue weighted by Gasteiger charge is -2.49. The quantitative estimate of drug-likeness (QED) is 0.645. The van der Waals surface area contributed by atoms with Gasteiger partial charge in [0.2, 0.25) is 0 Å². The van der Waals surface area contributed by atoms with Crippen molar-refractivity contribution in [3.05, 3.63) is 30.3 Å². The Labute approximate surface area is 107 Å². The zero-order valence-corrected chi connectivity index (χ0v) is 11.9. The van der Waals surface area contributed by atoms with Crippen LogP contribution in [-0.2, 0) is 0 Å². The Bertz CT molecular complexity index is 372. The molecule has 3 rings (SSSR count). The van der Waals surface area contributed by atoms with Crippen LogP contribution in [-0.4, -0.2) is 11.3 Å². The van der Waals surface area contributed by atoms with E-state index in [4.69, 9.17) is 0 Å². The normalized spacial score (nSPS) is 41.2. The van der Waals surface area contributed by atoms with Gasteiger partial charge in [0.1, 0.15) is 0 Å². The monoisotopic (exact) mass is 246 g/mol. The molecule has 0 amide bonds. The Morgan fingerprint density at radius 2 is 1.76 bits per heavy atom. The summed E-state index contributed by atoms with van der Waals surface area (Å²) < 4.78 is 0. The molecule has 0 spiro atoms. The first kappa shape index (κ1) is 11.7. The van der Waals surface area contributed by atoms with Gasteiger partial charge in [0.05, 0.1) is 0 Å². The molecule has 2 heterocycles. The molecular weight excluding hydrogens is 223 g/mol. The van der Waals surface area contributed by atoms with Gasteiger partial charge in [-0.2, -0.15) is 0 Å². The van der Waals surface area contributed by atoms with Crippen molar-refractivity contribution >= 4 is 13.2 Å². The van der Waals surface area contributed by atoms with E-state index in [-0.39, 0.29) is 7.92 Å². The summed E-state index contributed by atoms with van der Waals surface area (Å²) in [6.45, 7) is 4.97. The predicted octanol–water partition coefficient (Wildman–Crippen LogP) is 4.39. The van der Waals surface area contributed by atoms with Crippen molar-refractivity contribution in [3.8, 4) is 0 Å². The summed E-state index contributed by atoms with van der Waals surface area (Å²) >= 11 is 0. The fourth-order valence-corrected chi connectivity index (χ4v) is 8.05. The maximum atomic E-state index is 2.50. The van der Waals surface area contributed by atoms with Crippen molar-refractivity contribution in [2.45, 2.75) is 50.8 Å². The summed E-state index contributed by atoms with van der Waals surface area (Å²) in [5.41, 5.74) is 2.03. The van der Waals surface area contributed by atoms with Crippen molar-refractivity contribution in [2.24, 2.45) is 11.8 Å². The Hall–Kier alpha value is -0.350. The van der Waals surface area contributed by atoms with Gasteiger partial charge in [-0.15, -0.1) is 0 Å². The molecule has 0 aromatic heterocycles. The molecule has 2 aliphatic heterocycles. The van der Waals surface area contributed by atoms with Crippen molar-refractivity contribution in [1.29, 1.82) is 0 Å². The minimum Gasteiger partial charge on any atom is -0.0687 e. The number of benzene rings is 1. The van der Waals surface area contributed by atoms with E-state index in [2.05, 4.69) is 44.2 Å². The van der Waals surface area contributed by atoms with Gasteiger partial charge in [0, 0.05) is 0 Å². The smallest absolute Gasteiger partial charge is 0.0138 e. The van der Waals surface area contributed by atoms with Crippen LogP contribution in [0, 0.1) is 11.8 Å². The molecule has 2 aliphatic rings. The molecule has 2 bridgehead atoms. The first-order valence-electron chi connectivity index (χ1n) is 7.09. The average molecular weight is 246 g/mol. The maximum absolute atomic E-state index is 2.50. The highest BCUT2D eigenvalue weighted by Gasteiger charge is 2.42. The minimum atomic E-state index is 0.129. The number of rotatable bonds is 1. The number of hydrogen-bond donors (Lipinski definition) is 0. The molecule has 2 saturated heterocycles. The van der Waals surface area contributed by atoms with E-state index >= 15 is 0 Å². The standard InChI is InChI=1S/C16H23P/c1-12-10-15-9-8-13(2)16(11-12)17(15)14-6-4-3-5-7-14/h3-7,12-13,15-16H,8-11H2,1-2H3. The SMILES string of the molecule is CC1CC2CCC(C)C(C1)P2c1ccccc1. The molecule has 5 unspecified atom stereocenters. The lowest BCUT2D eigenvalue weighted by molar-refractivity contribution is 0.325. The topological polar surface area (TPSA) is 0 Å². The Kier molecular flexibility index (Phi) is 3.26. The van der Waals surface area contributed by atoms with Gasteiger partial charge >= 0.3 is 0 Å². The fourth-order valence-electron chi connectivity index (χ4n) is 3.88. The van der Waals surface area contributed by atoms with Gasteiger partial charge in [-0.05, 0) is 54.1 Å². The van der Waals surface area contributed by atoms with Crippen LogP contribution in [0.25, 0.3) is 0 Å². The molecule has 1 aromatic carbocycles. The van der Waals surface area contributed by atoms with Crippen molar-refractivity contribution in [1.82, 2.24) is 0 Å². The second kappa shape index (κ2) is 4.73. The predicted molar refractivity (Wildman–Crippen MR) is 77.4 cm³/mol. The van der Waals surface area contributed by atoms with Crippen LogP contribution in [0.15, 0.2) is 30.3 Å². The van der Waals surface area contributed by atoms with Crippen molar-refractivity contribution < 1.29 is 0 Å². The van der Waals surface area contributed by atoms with E-state index in [1.807, 2.05) is 0 Å². The zero-order valence-electron chi connectivity index (χ0n) is 11.0. The first-order chi connectivity index (χ1) is 8.25. The van der Waals surface area contributed by atoms with Crippen LogP contribution in [0.1, 0.15) is 39.5 Å². The molecule has 0 saturated carbocycles. The van der Waals surface area contributed by atoms with E-state index in [0.717, 1.165) is 23.2 Å². The van der Waals surface area contributed by atoms with E-state index in [1.165, 1.54) is 25.7 Å². The summed E-state index contributed by atoms with van der Waals surface area (Å²) in [4.78, 5) is 0. The van der Waals surface area contributed by atoms with Crippen LogP contribution in [0.4, 0.5) is 0 Å². The molecule has 5 atom stereocenters. The van der Waals surface area contributed by atoms with Gasteiger partial charge in [-0.1, -0.05) is 52.1 Å². The fraction of sp³-hybridized carbons (Fsp3) is 0.625. The maximum Gasteiger partial charge on any atom is -0.0138 e. The van der Waals surface area contributed by atoms with Gasteiger partial charge in [-0.3, -0.25) is 0 Å². The second-order valence-corrected chi connectivity index (χ2v) is 8.82. The summed E-state index contributed by atoms with van der Waals surface area (Å²) in [6, 6.07) is 11.4. The first-order valence-corrected chi connectivity index (χ1v) is 8.57. The van der Waals surface area contributed by atoms with E-state index in [1.54, 1.807) is 5.30 Å². The zero-order chi connectivity index (χ0) is 11.8. The Morgan fingerprint density at radius 3 is 2.53 bits per heavy atom. The van der Waals surface area contributed by atoms with Crippen LogP contribution >= 0.6 is 7.92 Å². The second-order valence-electron chi connectivity index (χ2n) is 6.10. The van der Waals surface area contributed by atoms with Gasteiger partial charge < -0.3 is 0 Å². The highest BCUT2D eigenvalue weighted by atomic mass is 31.1. The molecule has 0 radical (unpaired) electrons. The minimum absolute atomic E-state index is 0.129. The molecule has 2 fully saturated rings. The largest absolute Gasteiger partial charge is 0.0687 e. The van der Waals surface area contributed by atoms with E-state index in [0.29, 0.717) is 0 Å². The van der Waals surface area contributed by atoms with E-state index < -0.39 is 0 Å². The summed E-state index contributed by atoms with van der Waals surface area (Å²) in [5, 5.41) is 1.68. The lowest BCUT2D eigenvalue weighted by atomic mass is 9.85. The van der Waals surface area contributed by atoms with Crippen molar-refractivity contribution in [3.63, 3.8) is 0 Å². The highest BCUT2D eigenvalue weighted by molar-refractivity contribution is 7.67.